The van der Waals surface area contributed by atoms with Crippen molar-refractivity contribution >= 4 is 16.9 Å². The van der Waals surface area contributed by atoms with Crippen LogP contribution in [0.1, 0.15) is 69.4 Å². The highest BCUT2D eigenvalue weighted by Crippen LogP contribution is 2.43. The van der Waals surface area contributed by atoms with Crippen LogP contribution in [-0.4, -0.2) is 21.3 Å². The zero-order valence-electron chi connectivity index (χ0n) is 18.7. The van der Waals surface area contributed by atoms with Crippen LogP contribution in [0.4, 0.5) is 0 Å². The van der Waals surface area contributed by atoms with Crippen molar-refractivity contribution in [3.8, 4) is 17.6 Å². The lowest BCUT2D eigenvalue weighted by molar-refractivity contribution is -0.137. The molecule has 1 aromatic heterocycles. The van der Waals surface area contributed by atoms with Crippen molar-refractivity contribution in [2.45, 2.75) is 63.9 Å². The number of hydrogen-bond acceptors (Lipinski definition) is 3. The number of carboxylic acids is 1. The van der Waals surface area contributed by atoms with Crippen LogP contribution in [0.25, 0.3) is 10.9 Å². The standard InChI is InChI=1S/C27H30N2O3/c1-3-7-20(17-26(30)31)19-10-13-24(14-11-19)32-27(2,22-8-5-4-6-9-22)23-12-15-25-21(16-23)18-28-29-25/h10-16,18,20,22H,4-6,8-9,17H2,1-2H3,(H,28,29)(H,30,31)/t20?,27-/m0/s1. The van der Waals surface area contributed by atoms with Crippen LogP contribution in [0.2, 0.25) is 0 Å². The van der Waals surface area contributed by atoms with Crippen molar-refractivity contribution in [1.82, 2.24) is 10.2 Å². The molecule has 2 atom stereocenters. The fraction of sp³-hybridized carbons (Fsp3) is 0.407. The molecule has 5 nitrogen and oxygen atoms in total. The Balaban J connectivity index is 1.64. The number of fused-ring (bicyclic) bond motifs is 1. The third-order valence-electron chi connectivity index (χ3n) is 6.71. The fourth-order valence-corrected chi connectivity index (χ4v) is 4.90. The molecule has 4 rings (SSSR count). The van der Waals surface area contributed by atoms with Gasteiger partial charge in [0, 0.05) is 11.3 Å². The Bertz CT molecular complexity index is 1130. The van der Waals surface area contributed by atoms with E-state index in [0.29, 0.717) is 5.92 Å². The van der Waals surface area contributed by atoms with E-state index in [1.165, 1.54) is 19.3 Å². The molecular formula is C27H30N2O3. The van der Waals surface area contributed by atoms with Gasteiger partial charge in [-0.05, 0) is 62.1 Å². The Morgan fingerprint density at radius 3 is 2.66 bits per heavy atom. The topological polar surface area (TPSA) is 75.2 Å². The van der Waals surface area contributed by atoms with Gasteiger partial charge in [0.1, 0.15) is 11.4 Å². The van der Waals surface area contributed by atoms with Crippen LogP contribution < -0.4 is 4.74 Å². The Labute approximate surface area is 189 Å². The van der Waals surface area contributed by atoms with Crippen LogP contribution >= 0.6 is 0 Å². The summed E-state index contributed by atoms with van der Waals surface area (Å²) in [4.78, 5) is 11.2. The smallest absolute Gasteiger partial charge is 0.304 e. The SMILES string of the molecule is CC#CC(CC(=O)O)c1ccc(O[C@](C)(c2ccc3[nH]ncc3c2)C2CCCCC2)cc1. The molecule has 1 fully saturated rings. The third kappa shape index (κ3) is 4.65. The molecular weight excluding hydrogens is 400 g/mol. The van der Waals surface area contributed by atoms with Gasteiger partial charge in [-0.3, -0.25) is 9.89 Å². The summed E-state index contributed by atoms with van der Waals surface area (Å²) in [5, 5.41) is 17.5. The van der Waals surface area contributed by atoms with Gasteiger partial charge >= 0.3 is 5.97 Å². The average Bonchev–Trinajstić information content (AvgIpc) is 3.28. The normalized spacial score (nSPS) is 17.2. The fourth-order valence-electron chi connectivity index (χ4n) is 4.90. The molecule has 3 aromatic rings. The van der Waals surface area contributed by atoms with E-state index in [9.17, 15) is 9.90 Å². The molecule has 32 heavy (non-hydrogen) atoms. The van der Waals surface area contributed by atoms with Crippen molar-refractivity contribution in [1.29, 1.82) is 0 Å². The molecule has 0 saturated heterocycles. The lowest BCUT2D eigenvalue weighted by Gasteiger charge is -2.40. The van der Waals surface area contributed by atoms with Gasteiger partial charge < -0.3 is 9.84 Å². The number of aromatic amines is 1. The van der Waals surface area contributed by atoms with Crippen molar-refractivity contribution in [3.63, 3.8) is 0 Å². The number of ether oxygens (including phenoxy) is 1. The first-order valence-electron chi connectivity index (χ1n) is 11.4. The minimum Gasteiger partial charge on any atom is -0.483 e. The molecule has 1 unspecified atom stereocenters. The Hall–Kier alpha value is -3.26. The van der Waals surface area contributed by atoms with Crippen molar-refractivity contribution in [3.05, 3.63) is 59.8 Å². The van der Waals surface area contributed by atoms with Gasteiger partial charge in [0.2, 0.25) is 0 Å². The predicted molar refractivity (Wildman–Crippen MR) is 126 cm³/mol. The zero-order chi connectivity index (χ0) is 22.6. The number of nitrogens with one attached hydrogen (secondary N) is 1. The summed E-state index contributed by atoms with van der Waals surface area (Å²) >= 11 is 0. The Morgan fingerprint density at radius 2 is 1.97 bits per heavy atom. The first-order chi connectivity index (χ1) is 15.5. The molecule has 5 heteroatoms. The van der Waals surface area contributed by atoms with Gasteiger partial charge in [0.05, 0.1) is 24.1 Å². The summed E-state index contributed by atoms with van der Waals surface area (Å²) in [6.07, 6.45) is 7.87. The molecule has 0 amide bonds. The van der Waals surface area contributed by atoms with Crippen LogP contribution in [0.5, 0.6) is 5.75 Å². The quantitative estimate of drug-likeness (QED) is 0.450. The number of aliphatic carboxylic acids is 1. The van der Waals surface area contributed by atoms with Crippen molar-refractivity contribution in [2.75, 3.05) is 0 Å². The molecule has 0 radical (unpaired) electrons. The van der Waals surface area contributed by atoms with Gasteiger partial charge in [-0.1, -0.05) is 43.4 Å². The van der Waals surface area contributed by atoms with Gasteiger partial charge in [-0.2, -0.15) is 5.10 Å². The highest BCUT2D eigenvalue weighted by atomic mass is 16.5. The summed E-state index contributed by atoms with van der Waals surface area (Å²) < 4.78 is 6.75. The monoisotopic (exact) mass is 430 g/mol. The number of aromatic nitrogens is 2. The summed E-state index contributed by atoms with van der Waals surface area (Å²) in [5.41, 5.74) is 2.61. The Kier molecular flexibility index (Phi) is 6.50. The van der Waals surface area contributed by atoms with E-state index in [4.69, 9.17) is 4.74 Å². The number of carboxylic acid groups (broad SMARTS) is 1. The number of benzene rings is 2. The molecule has 2 N–H and O–H groups in total. The van der Waals surface area contributed by atoms with E-state index in [-0.39, 0.29) is 12.3 Å². The summed E-state index contributed by atoms with van der Waals surface area (Å²) in [6, 6.07) is 14.2. The summed E-state index contributed by atoms with van der Waals surface area (Å²) in [5.74, 6) is 5.90. The number of nitrogens with zero attached hydrogens (tertiary/aromatic N) is 1. The molecule has 1 heterocycles. The maximum atomic E-state index is 11.2. The van der Waals surface area contributed by atoms with Crippen molar-refractivity contribution < 1.29 is 14.6 Å². The number of hydrogen-bond donors (Lipinski definition) is 2. The minimum absolute atomic E-state index is 0.00839. The van der Waals surface area contributed by atoms with Crippen molar-refractivity contribution in [2.24, 2.45) is 5.92 Å². The second-order valence-corrected chi connectivity index (χ2v) is 8.83. The molecule has 2 aromatic carbocycles. The van der Waals surface area contributed by atoms with Gasteiger partial charge in [-0.25, -0.2) is 0 Å². The average molecular weight is 431 g/mol. The van der Waals surface area contributed by atoms with E-state index >= 15 is 0 Å². The Morgan fingerprint density at radius 1 is 1.22 bits per heavy atom. The van der Waals surface area contributed by atoms with Crippen LogP contribution in [0.15, 0.2) is 48.7 Å². The zero-order valence-corrected chi connectivity index (χ0v) is 18.7. The third-order valence-corrected chi connectivity index (χ3v) is 6.71. The van der Waals surface area contributed by atoms with Crippen LogP contribution in [0, 0.1) is 17.8 Å². The van der Waals surface area contributed by atoms with E-state index < -0.39 is 11.6 Å². The van der Waals surface area contributed by atoms with E-state index in [0.717, 1.165) is 40.6 Å². The molecule has 0 aliphatic heterocycles. The minimum atomic E-state index is -0.849. The largest absolute Gasteiger partial charge is 0.483 e. The van der Waals surface area contributed by atoms with Gasteiger partial charge in [-0.15, -0.1) is 5.92 Å². The molecule has 1 aliphatic carbocycles. The van der Waals surface area contributed by atoms with Gasteiger partial charge in [0.25, 0.3) is 0 Å². The van der Waals surface area contributed by atoms with Gasteiger partial charge in [0.15, 0.2) is 0 Å². The van der Waals surface area contributed by atoms with E-state index in [1.54, 1.807) is 6.92 Å². The summed E-state index contributed by atoms with van der Waals surface area (Å²) in [6.45, 7) is 3.94. The van der Waals surface area contributed by atoms with Crippen LogP contribution in [-0.2, 0) is 10.4 Å². The van der Waals surface area contributed by atoms with Crippen LogP contribution in [0.3, 0.4) is 0 Å². The highest BCUT2D eigenvalue weighted by Gasteiger charge is 2.39. The molecule has 166 valence electrons. The second kappa shape index (κ2) is 9.48. The number of carbonyl (C=O) groups is 1. The van der Waals surface area contributed by atoms with E-state index in [1.807, 2.05) is 30.5 Å². The molecule has 1 saturated carbocycles. The summed E-state index contributed by atoms with van der Waals surface area (Å²) in [7, 11) is 0. The number of rotatable bonds is 7. The number of H-pyrrole nitrogens is 1. The predicted octanol–water partition coefficient (Wildman–Crippen LogP) is 6.02. The maximum absolute atomic E-state index is 11.2. The van der Waals surface area contributed by atoms with E-state index in [2.05, 4.69) is 47.2 Å². The lowest BCUT2D eigenvalue weighted by Crippen LogP contribution is -2.39. The lowest BCUT2D eigenvalue weighted by atomic mass is 9.74. The first-order valence-corrected chi connectivity index (χ1v) is 11.4. The molecule has 0 spiro atoms. The maximum Gasteiger partial charge on any atom is 0.304 e. The second-order valence-electron chi connectivity index (χ2n) is 8.83. The first kappa shape index (κ1) is 22.0. The molecule has 1 aliphatic rings. The molecule has 0 bridgehead atoms. The highest BCUT2D eigenvalue weighted by molar-refractivity contribution is 5.78.